The Kier molecular flexibility index (Phi) is 7.20. The van der Waals surface area contributed by atoms with Gasteiger partial charge in [-0.15, -0.1) is 0 Å². The molecule has 0 bridgehead atoms. The molecule has 0 saturated heterocycles. The number of rotatable bonds is 6. The van der Waals surface area contributed by atoms with E-state index < -0.39 is 11.9 Å². The molecule has 0 aliphatic rings. The molecule has 132 valence electrons. The van der Waals surface area contributed by atoms with Gasteiger partial charge in [-0.25, -0.2) is 9.59 Å². The number of esters is 2. The zero-order valence-electron chi connectivity index (χ0n) is 13.9. The van der Waals surface area contributed by atoms with Crippen molar-refractivity contribution in [2.75, 3.05) is 0 Å². The molecular formula is C19H18Br2O4. The Labute approximate surface area is 163 Å². The van der Waals surface area contributed by atoms with E-state index in [2.05, 4.69) is 31.9 Å². The molecular weight excluding hydrogens is 452 g/mol. The highest BCUT2D eigenvalue weighted by molar-refractivity contribution is 9.10. The summed E-state index contributed by atoms with van der Waals surface area (Å²) in [5, 5.41) is 0. The van der Waals surface area contributed by atoms with E-state index in [0.29, 0.717) is 17.5 Å². The van der Waals surface area contributed by atoms with Gasteiger partial charge in [0.15, 0.2) is 0 Å². The molecule has 2 aromatic carbocycles. The number of halogens is 2. The van der Waals surface area contributed by atoms with E-state index in [9.17, 15) is 9.59 Å². The fourth-order valence-electron chi connectivity index (χ4n) is 2.30. The Morgan fingerprint density at radius 2 is 1.24 bits per heavy atom. The molecule has 2 atom stereocenters. The van der Waals surface area contributed by atoms with Crippen LogP contribution in [0.3, 0.4) is 0 Å². The summed E-state index contributed by atoms with van der Waals surface area (Å²) in [4.78, 5) is 24.2. The second kappa shape index (κ2) is 9.15. The Bertz CT molecular complexity index is 697. The summed E-state index contributed by atoms with van der Waals surface area (Å²) in [7, 11) is 0. The van der Waals surface area contributed by atoms with Crippen LogP contribution in [0.15, 0.2) is 57.5 Å². The molecule has 0 aliphatic heterocycles. The third-order valence-corrected chi connectivity index (χ3v) is 4.39. The molecule has 0 fully saturated rings. The van der Waals surface area contributed by atoms with Crippen molar-refractivity contribution >= 4 is 43.8 Å². The van der Waals surface area contributed by atoms with Crippen LogP contribution in [-0.4, -0.2) is 24.1 Å². The van der Waals surface area contributed by atoms with Crippen LogP contribution in [-0.2, 0) is 9.47 Å². The molecule has 25 heavy (non-hydrogen) atoms. The maximum Gasteiger partial charge on any atom is 0.338 e. The third kappa shape index (κ3) is 6.29. The normalized spacial score (nSPS) is 13.0. The second-order valence-corrected chi connectivity index (χ2v) is 7.52. The Balaban J connectivity index is 1.86. The summed E-state index contributed by atoms with van der Waals surface area (Å²) in [6.07, 6.45) is -0.340. The molecule has 0 N–H and O–H groups in total. The van der Waals surface area contributed by atoms with Crippen molar-refractivity contribution in [3.05, 3.63) is 68.6 Å². The van der Waals surface area contributed by atoms with Crippen molar-refractivity contribution in [2.24, 2.45) is 0 Å². The zero-order chi connectivity index (χ0) is 18.4. The molecule has 2 unspecified atom stereocenters. The monoisotopic (exact) mass is 468 g/mol. The molecule has 2 aromatic rings. The molecule has 0 spiro atoms. The van der Waals surface area contributed by atoms with E-state index in [1.165, 1.54) is 0 Å². The van der Waals surface area contributed by atoms with Crippen LogP contribution in [0, 0.1) is 0 Å². The summed E-state index contributed by atoms with van der Waals surface area (Å²) >= 11 is 6.65. The zero-order valence-corrected chi connectivity index (χ0v) is 17.0. The quantitative estimate of drug-likeness (QED) is 0.532. The molecule has 4 nitrogen and oxygen atoms in total. The topological polar surface area (TPSA) is 52.6 Å². The first-order valence-corrected chi connectivity index (χ1v) is 9.37. The smallest absolute Gasteiger partial charge is 0.338 e. The summed E-state index contributed by atoms with van der Waals surface area (Å²) in [5.74, 6) is -0.807. The molecule has 0 amide bonds. The van der Waals surface area contributed by atoms with Gasteiger partial charge in [-0.2, -0.15) is 0 Å². The second-order valence-electron chi connectivity index (χ2n) is 5.69. The number of carbonyl (C=O) groups is 2. The van der Waals surface area contributed by atoms with Gasteiger partial charge in [0.2, 0.25) is 0 Å². The van der Waals surface area contributed by atoms with Crippen LogP contribution in [0.2, 0.25) is 0 Å². The van der Waals surface area contributed by atoms with E-state index in [1.807, 2.05) is 12.1 Å². The Morgan fingerprint density at radius 1 is 0.840 bits per heavy atom. The van der Waals surface area contributed by atoms with Crippen LogP contribution in [0.5, 0.6) is 0 Å². The minimum Gasteiger partial charge on any atom is -0.459 e. The molecule has 6 heteroatoms. The first-order valence-electron chi connectivity index (χ1n) is 7.78. The van der Waals surface area contributed by atoms with Gasteiger partial charge >= 0.3 is 11.9 Å². The average molecular weight is 470 g/mol. The van der Waals surface area contributed by atoms with E-state index >= 15 is 0 Å². The number of ether oxygens (including phenoxy) is 2. The fraction of sp³-hybridized carbons (Fsp3) is 0.263. The lowest BCUT2D eigenvalue weighted by Crippen LogP contribution is -2.23. The fourth-order valence-corrected chi connectivity index (χ4v) is 3.09. The van der Waals surface area contributed by atoms with E-state index in [4.69, 9.17) is 9.47 Å². The van der Waals surface area contributed by atoms with Crippen LogP contribution in [0.1, 0.15) is 41.0 Å². The van der Waals surface area contributed by atoms with Crippen LogP contribution in [0.25, 0.3) is 0 Å². The van der Waals surface area contributed by atoms with Gasteiger partial charge < -0.3 is 9.47 Å². The van der Waals surface area contributed by atoms with Gasteiger partial charge in [-0.05, 0) is 50.2 Å². The van der Waals surface area contributed by atoms with Crippen molar-refractivity contribution in [3.8, 4) is 0 Å². The summed E-state index contributed by atoms with van der Waals surface area (Å²) in [5.41, 5.74) is 0.944. The minimum absolute atomic E-state index is 0.378. The van der Waals surface area contributed by atoms with E-state index in [0.717, 1.165) is 8.95 Å². The first-order chi connectivity index (χ1) is 11.8. The number of carbonyl (C=O) groups excluding carboxylic acids is 2. The Hall–Kier alpha value is -1.66. The SMILES string of the molecule is CC(CC(C)OC(=O)c1cccc(Br)c1)OC(=O)c1cccc(Br)c1. The van der Waals surface area contributed by atoms with Gasteiger partial charge in [-0.3, -0.25) is 0 Å². The molecule has 0 radical (unpaired) electrons. The number of benzene rings is 2. The standard InChI is InChI=1S/C19H18Br2O4/c1-12(24-18(22)14-5-3-7-16(20)10-14)9-13(2)25-19(23)15-6-4-8-17(21)11-15/h3-8,10-13H,9H2,1-2H3. The average Bonchev–Trinajstić information content (AvgIpc) is 2.54. The van der Waals surface area contributed by atoms with Gasteiger partial charge in [0.05, 0.1) is 11.1 Å². The van der Waals surface area contributed by atoms with Gasteiger partial charge in [0, 0.05) is 15.4 Å². The van der Waals surface area contributed by atoms with Crippen molar-refractivity contribution in [1.82, 2.24) is 0 Å². The van der Waals surface area contributed by atoms with Crippen LogP contribution >= 0.6 is 31.9 Å². The lowest BCUT2D eigenvalue weighted by molar-refractivity contribution is 0.00763. The summed E-state index contributed by atoms with van der Waals surface area (Å²) < 4.78 is 12.4. The predicted octanol–water partition coefficient (Wildman–Crippen LogP) is 5.39. The molecule has 2 rings (SSSR count). The van der Waals surface area contributed by atoms with Crippen molar-refractivity contribution in [2.45, 2.75) is 32.5 Å². The lowest BCUT2D eigenvalue weighted by Gasteiger charge is -2.18. The highest BCUT2D eigenvalue weighted by atomic mass is 79.9. The van der Waals surface area contributed by atoms with Gasteiger partial charge in [0.1, 0.15) is 12.2 Å². The summed E-state index contributed by atoms with van der Waals surface area (Å²) in [6, 6.07) is 14.0. The van der Waals surface area contributed by atoms with Gasteiger partial charge in [-0.1, -0.05) is 44.0 Å². The first kappa shape index (κ1) is 19.7. The molecule has 0 aliphatic carbocycles. The molecule has 0 saturated carbocycles. The van der Waals surface area contributed by atoms with E-state index in [1.54, 1.807) is 50.2 Å². The number of hydrogen-bond acceptors (Lipinski definition) is 4. The van der Waals surface area contributed by atoms with Crippen molar-refractivity contribution in [3.63, 3.8) is 0 Å². The lowest BCUT2D eigenvalue weighted by atomic mass is 10.2. The largest absolute Gasteiger partial charge is 0.459 e. The highest BCUT2D eigenvalue weighted by Gasteiger charge is 2.18. The number of hydrogen-bond donors (Lipinski definition) is 0. The van der Waals surface area contributed by atoms with Crippen molar-refractivity contribution < 1.29 is 19.1 Å². The maximum atomic E-state index is 12.1. The van der Waals surface area contributed by atoms with E-state index in [-0.39, 0.29) is 12.2 Å². The highest BCUT2D eigenvalue weighted by Crippen LogP contribution is 2.16. The summed E-state index contributed by atoms with van der Waals surface area (Å²) in [6.45, 7) is 3.55. The third-order valence-electron chi connectivity index (χ3n) is 3.40. The van der Waals surface area contributed by atoms with Crippen molar-refractivity contribution in [1.29, 1.82) is 0 Å². The predicted molar refractivity (Wildman–Crippen MR) is 103 cm³/mol. The Morgan fingerprint density at radius 3 is 1.60 bits per heavy atom. The minimum atomic E-state index is -0.403. The van der Waals surface area contributed by atoms with Gasteiger partial charge in [0.25, 0.3) is 0 Å². The maximum absolute atomic E-state index is 12.1. The van der Waals surface area contributed by atoms with Crippen LogP contribution < -0.4 is 0 Å². The molecule has 0 heterocycles. The molecule has 0 aromatic heterocycles. The van der Waals surface area contributed by atoms with Crippen LogP contribution in [0.4, 0.5) is 0 Å².